The summed E-state index contributed by atoms with van der Waals surface area (Å²) in [6, 6.07) is 14.6. The average Bonchev–Trinajstić information content (AvgIpc) is 2.89. The number of halogens is 4. The number of benzene rings is 2. The SMILES string of the molecule is CC(C)c1cc(CO)cc(-c2ccnc(F)c2)c1Br.CCc1cc(-c2ccnc(F)c2)c(Br)c(C(C)C)c1. The Bertz CT molecular complexity index is 1300. The first kappa shape index (κ1) is 30.1. The van der Waals surface area contributed by atoms with Crippen molar-refractivity contribution in [3.8, 4) is 22.3 Å². The molecule has 0 aliphatic heterocycles. The molecule has 38 heavy (non-hydrogen) atoms. The predicted octanol–water partition coefficient (Wildman–Crippen LogP) is 9.60. The van der Waals surface area contributed by atoms with Gasteiger partial charge >= 0.3 is 0 Å². The number of hydrogen-bond acceptors (Lipinski definition) is 3. The number of rotatable bonds is 6. The molecule has 4 aromatic rings. The van der Waals surface area contributed by atoms with Crippen molar-refractivity contribution >= 4 is 31.9 Å². The summed E-state index contributed by atoms with van der Waals surface area (Å²) >= 11 is 7.25. The summed E-state index contributed by atoms with van der Waals surface area (Å²) in [6.07, 6.45) is 3.91. The van der Waals surface area contributed by atoms with Gasteiger partial charge in [-0.05, 0) is 113 Å². The van der Waals surface area contributed by atoms with E-state index in [9.17, 15) is 13.9 Å². The molecule has 0 aliphatic carbocycles. The molecule has 0 unspecified atom stereocenters. The van der Waals surface area contributed by atoms with Crippen molar-refractivity contribution in [2.45, 2.75) is 59.5 Å². The van der Waals surface area contributed by atoms with Crippen molar-refractivity contribution in [2.75, 3.05) is 0 Å². The van der Waals surface area contributed by atoms with Crippen LogP contribution in [0.2, 0.25) is 0 Å². The van der Waals surface area contributed by atoms with Gasteiger partial charge in [0, 0.05) is 33.5 Å². The molecule has 0 fully saturated rings. The van der Waals surface area contributed by atoms with Crippen LogP contribution in [0.4, 0.5) is 8.78 Å². The molecule has 4 rings (SSSR count). The Balaban J connectivity index is 0.000000211. The maximum Gasteiger partial charge on any atom is 0.213 e. The van der Waals surface area contributed by atoms with Crippen LogP contribution in [0.25, 0.3) is 22.3 Å². The molecule has 2 heterocycles. The molecule has 0 aliphatic rings. The fourth-order valence-corrected chi connectivity index (χ4v) is 5.95. The molecular formula is C31H32Br2F2N2O. The molecule has 0 bridgehead atoms. The lowest BCUT2D eigenvalue weighted by Crippen LogP contribution is -1.96. The van der Waals surface area contributed by atoms with Gasteiger partial charge in [0.25, 0.3) is 0 Å². The fourth-order valence-electron chi connectivity index (χ4n) is 4.11. The van der Waals surface area contributed by atoms with Crippen molar-refractivity contribution in [3.63, 3.8) is 0 Å². The second kappa shape index (κ2) is 13.5. The van der Waals surface area contributed by atoms with Gasteiger partial charge in [0.15, 0.2) is 0 Å². The van der Waals surface area contributed by atoms with Gasteiger partial charge in [-0.1, -0.05) is 52.8 Å². The predicted molar refractivity (Wildman–Crippen MR) is 158 cm³/mol. The smallest absolute Gasteiger partial charge is 0.213 e. The lowest BCUT2D eigenvalue weighted by atomic mass is 9.94. The normalized spacial score (nSPS) is 11.1. The number of nitrogens with zero attached hydrogens (tertiary/aromatic N) is 2. The molecule has 3 nitrogen and oxygen atoms in total. The van der Waals surface area contributed by atoms with Crippen molar-refractivity contribution in [2.24, 2.45) is 0 Å². The van der Waals surface area contributed by atoms with Crippen LogP contribution in [0, 0.1) is 11.9 Å². The minimum atomic E-state index is -0.509. The van der Waals surface area contributed by atoms with E-state index in [4.69, 9.17) is 0 Å². The lowest BCUT2D eigenvalue weighted by Gasteiger charge is -2.15. The molecule has 7 heteroatoms. The molecule has 2 aromatic heterocycles. The van der Waals surface area contributed by atoms with Crippen molar-refractivity contribution in [3.05, 3.63) is 104 Å². The van der Waals surface area contributed by atoms with E-state index in [0.717, 1.165) is 48.7 Å². The van der Waals surface area contributed by atoms with Gasteiger partial charge in [-0.3, -0.25) is 0 Å². The van der Waals surface area contributed by atoms with Gasteiger partial charge in [-0.15, -0.1) is 0 Å². The first-order valence-electron chi connectivity index (χ1n) is 12.5. The van der Waals surface area contributed by atoms with E-state index in [1.165, 1.54) is 35.7 Å². The largest absolute Gasteiger partial charge is 0.392 e. The highest BCUT2D eigenvalue weighted by Crippen LogP contribution is 2.37. The zero-order valence-electron chi connectivity index (χ0n) is 22.2. The van der Waals surface area contributed by atoms with Crippen LogP contribution in [-0.2, 0) is 13.0 Å². The number of aryl methyl sites for hydroxylation is 1. The Morgan fingerprint density at radius 1 is 0.711 bits per heavy atom. The second-order valence-corrected chi connectivity index (χ2v) is 11.2. The number of aliphatic hydroxyl groups excluding tert-OH is 1. The summed E-state index contributed by atoms with van der Waals surface area (Å²) in [7, 11) is 0. The molecule has 0 radical (unpaired) electrons. The van der Waals surface area contributed by atoms with Gasteiger partial charge in [0.05, 0.1) is 6.61 Å². The Hall–Kier alpha value is -2.48. The lowest BCUT2D eigenvalue weighted by molar-refractivity contribution is 0.281. The van der Waals surface area contributed by atoms with E-state index >= 15 is 0 Å². The highest BCUT2D eigenvalue weighted by atomic mass is 79.9. The van der Waals surface area contributed by atoms with E-state index < -0.39 is 11.9 Å². The molecular weight excluding hydrogens is 614 g/mol. The third kappa shape index (κ3) is 7.33. The van der Waals surface area contributed by atoms with Gasteiger partial charge in [-0.2, -0.15) is 8.78 Å². The van der Waals surface area contributed by atoms with E-state index in [0.29, 0.717) is 11.8 Å². The van der Waals surface area contributed by atoms with Gasteiger partial charge in [0.1, 0.15) is 0 Å². The maximum atomic E-state index is 13.3. The third-order valence-corrected chi connectivity index (χ3v) is 8.00. The Labute approximate surface area is 240 Å². The van der Waals surface area contributed by atoms with Gasteiger partial charge in [0.2, 0.25) is 11.9 Å². The minimum Gasteiger partial charge on any atom is -0.392 e. The topological polar surface area (TPSA) is 46.0 Å². The van der Waals surface area contributed by atoms with E-state index in [1.54, 1.807) is 6.07 Å². The summed E-state index contributed by atoms with van der Waals surface area (Å²) in [5.74, 6) is -0.222. The van der Waals surface area contributed by atoms with Crippen LogP contribution in [0.15, 0.2) is 69.9 Å². The van der Waals surface area contributed by atoms with Crippen LogP contribution in [0.3, 0.4) is 0 Å². The Morgan fingerprint density at radius 2 is 1.13 bits per heavy atom. The molecule has 0 saturated carbocycles. The van der Waals surface area contributed by atoms with Crippen LogP contribution < -0.4 is 0 Å². The van der Waals surface area contributed by atoms with E-state index in [-0.39, 0.29) is 6.61 Å². The monoisotopic (exact) mass is 644 g/mol. The second-order valence-electron chi connectivity index (χ2n) is 9.65. The zero-order valence-corrected chi connectivity index (χ0v) is 25.4. The van der Waals surface area contributed by atoms with Crippen molar-refractivity contribution < 1.29 is 13.9 Å². The van der Waals surface area contributed by atoms with Crippen molar-refractivity contribution in [1.29, 1.82) is 0 Å². The summed E-state index contributed by atoms with van der Waals surface area (Å²) in [6.45, 7) is 10.6. The third-order valence-electron chi connectivity index (χ3n) is 6.23. The number of aromatic nitrogens is 2. The molecule has 1 N–H and O–H groups in total. The van der Waals surface area contributed by atoms with Crippen LogP contribution in [-0.4, -0.2) is 15.1 Å². The quantitative estimate of drug-likeness (QED) is 0.212. The fraction of sp³-hybridized carbons (Fsp3) is 0.290. The van der Waals surface area contributed by atoms with Gasteiger partial charge < -0.3 is 5.11 Å². The summed E-state index contributed by atoms with van der Waals surface area (Å²) in [5, 5.41) is 9.36. The average molecular weight is 646 g/mol. The molecule has 0 amide bonds. The van der Waals surface area contributed by atoms with E-state index in [2.05, 4.69) is 88.6 Å². The number of pyridine rings is 2. The van der Waals surface area contributed by atoms with E-state index in [1.807, 2.05) is 18.2 Å². The van der Waals surface area contributed by atoms with Gasteiger partial charge in [-0.25, -0.2) is 9.97 Å². The molecule has 0 atom stereocenters. The van der Waals surface area contributed by atoms with Crippen molar-refractivity contribution in [1.82, 2.24) is 9.97 Å². The molecule has 0 saturated heterocycles. The van der Waals surface area contributed by atoms with Crippen LogP contribution in [0.5, 0.6) is 0 Å². The molecule has 0 spiro atoms. The van der Waals surface area contributed by atoms with Crippen LogP contribution >= 0.6 is 31.9 Å². The first-order valence-corrected chi connectivity index (χ1v) is 14.1. The minimum absolute atomic E-state index is 0.0342. The summed E-state index contributed by atoms with van der Waals surface area (Å²) in [4.78, 5) is 7.18. The number of aliphatic hydroxyl groups is 1. The summed E-state index contributed by atoms with van der Waals surface area (Å²) < 4.78 is 28.5. The molecule has 200 valence electrons. The Kier molecular flexibility index (Phi) is 10.7. The Morgan fingerprint density at radius 3 is 1.50 bits per heavy atom. The molecule has 2 aromatic carbocycles. The van der Waals surface area contributed by atoms with Crippen LogP contribution in [0.1, 0.15) is 68.7 Å². The maximum absolute atomic E-state index is 13.3. The standard InChI is InChI=1S/C16H17BrFN.C15H15BrFNO/c1-4-11-7-13(10(2)3)16(17)14(8-11)12-5-6-19-15(18)9-12;1-9(2)12-5-10(8-19)6-13(15(12)16)11-3-4-18-14(17)7-11/h5-10H,4H2,1-3H3;3-7,9,19H,8H2,1-2H3. The zero-order chi connectivity index (χ0) is 28.0. The highest BCUT2D eigenvalue weighted by Gasteiger charge is 2.14. The first-order chi connectivity index (χ1) is 18.0. The summed E-state index contributed by atoms with van der Waals surface area (Å²) in [5.41, 5.74) is 7.94. The highest BCUT2D eigenvalue weighted by molar-refractivity contribution is 9.11. The number of hydrogen-bond donors (Lipinski definition) is 1.